The van der Waals surface area contributed by atoms with Crippen molar-refractivity contribution in [2.75, 3.05) is 20.2 Å². The number of benzene rings is 1. The third kappa shape index (κ3) is 3.61. The molecule has 0 bridgehead atoms. The molecule has 2 heterocycles. The number of aromatic nitrogens is 1. The van der Waals surface area contributed by atoms with Crippen molar-refractivity contribution in [2.45, 2.75) is 17.4 Å². The number of hydrogen-bond acceptors (Lipinski definition) is 6. The van der Waals surface area contributed by atoms with Crippen molar-refractivity contribution in [2.24, 2.45) is 0 Å². The number of hydrogen-bond donors (Lipinski definition) is 0. The molecule has 7 nitrogen and oxygen atoms in total. The van der Waals surface area contributed by atoms with Gasteiger partial charge < -0.3 is 9.47 Å². The second kappa shape index (κ2) is 7.27. The van der Waals surface area contributed by atoms with Crippen molar-refractivity contribution >= 4 is 10.0 Å². The highest BCUT2D eigenvalue weighted by Crippen LogP contribution is 2.30. The Bertz CT molecular complexity index is 959. The molecule has 3 rings (SSSR count). The summed E-state index contributed by atoms with van der Waals surface area (Å²) in [6.07, 6.45) is 1.50. The first-order valence-electron chi connectivity index (χ1n) is 7.80. The van der Waals surface area contributed by atoms with Crippen molar-refractivity contribution in [3.8, 4) is 17.7 Å². The topological polar surface area (TPSA) is 92.5 Å². The summed E-state index contributed by atoms with van der Waals surface area (Å²) in [6, 6.07) is 8.40. The van der Waals surface area contributed by atoms with Crippen LogP contribution in [-0.4, -0.2) is 44.0 Å². The minimum absolute atomic E-state index is 0.0826. The van der Waals surface area contributed by atoms with Gasteiger partial charge in [-0.15, -0.1) is 0 Å². The summed E-state index contributed by atoms with van der Waals surface area (Å²) in [5.74, 6) is -0.315. The zero-order valence-electron chi connectivity index (χ0n) is 13.9. The Hall–Kier alpha value is -2.70. The summed E-state index contributed by atoms with van der Waals surface area (Å²) in [6.45, 7) is 0.324. The van der Waals surface area contributed by atoms with Crippen molar-refractivity contribution in [3.63, 3.8) is 0 Å². The smallest absolute Gasteiger partial charge is 0.246 e. The molecule has 1 unspecified atom stereocenters. The lowest BCUT2D eigenvalue weighted by atomic mass is 10.3. The third-order valence-electron chi connectivity index (χ3n) is 4.00. The lowest BCUT2D eigenvalue weighted by Gasteiger charge is -2.18. The first kappa shape index (κ1) is 18.1. The molecule has 1 aliphatic heterocycles. The van der Waals surface area contributed by atoms with Gasteiger partial charge in [-0.1, -0.05) is 0 Å². The summed E-state index contributed by atoms with van der Waals surface area (Å²) in [4.78, 5) is 3.81. The first-order valence-corrected chi connectivity index (χ1v) is 9.24. The van der Waals surface area contributed by atoms with Crippen LogP contribution in [0.4, 0.5) is 4.39 Å². The molecule has 1 aromatic carbocycles. The van der Waals surface area contributed by atoms with Crippen LogP contribution in [0.3, 0.4) is 0 Å². The van der Waals surface area contributed by atoms with Gasteiger partial charge in [-0.2, -0.15) is 9.57 Å². The highest BCUT2D eigenvalue weighted by Gasteiger charge is 2.35. The molecule has 0 spiro atoms. The summed E-state index contributed by atoms with van der Waals surface area (Å²) in [5.41, 5.74) is 0.405. The third-order valence-corrected chi connectivity index (χ3v) is 5.89. The Labute approximate surface area is 150 Å². The Morgan fingerprint density at radius 3 is 2.88 bits per heavy atom. The fourth-order valence-corrected chi connectivity index (χ4v) is 4.37. The largest absolute Gasteiger partial charge is 0.495 e. The SMILES string of the molecule is COc1ccc(F)cc1S(=O)(=O)N1CCC(Oc2cc(C#N)ccn2)C1. The van der Waals surface area contributed by atoms with Crippen molar-refractivity contribution in [1.29, 1.82) is 5.26 Å². The number of nitrogens with zero attached hydrogens (tertiary/aromatic N) is 3. The van der Waals surface area contributed by atoms with E-state index in [0.29, 0.717) is 12.0 Å². The summed E-state index contributed by atoms with van der Waals surface area (Å²) < 4.78 is 51.2. The van der Waals surface area contributed by atoms with E-state index in [2.05, 4.69) is 4.98 Å². The second-order valence-corrected chi connectivity index (χ2v) is 7.59. The van der Waals surface area contributed by atoms with E-state index in [4.69, 9.17) is 14.7 Å². The molecule has 0 saturated carbocycles. The van der Waals surface area contributed by atoms with Gasteiger partial charge in [0.15, 0.2) is 0 Å². The molecule has 136 valence electrons. The van der Waals surface area contributed by atoms with Gasteiger partial charge in [0.1, 0.15) is 22.6 Å². The average Bonchev–Trinajstić information content (AvgIpc) is 3.11. The van der Waals surface area contributed by atoms with Gasteiger partial charge in [0.2, 0.25) is 15.9 Å². The highest BCUT2D eigenvalue weighted by atomic mass is 32.2. The Kier molecular flexibility index (Phi) is 5.06. The van der Waals surface area contributed by atoms with Gasteiger partial charge in [-0.3, -0.25) is 0 Å². The quantitative estimate of drug-likeness (QED) is 0.791. The minimum atomic E-state index is -3.93. The van der Waals surface area contributed by atoms with Crippen LogP contribution in [0.1, 0.15) is 12.0 Å². The van der Waals surface area contributed by atoms with Crippen LogP contribution in [-0.2, 0) is 10.0 Å². The number of pyridine rings is 1. The molecular formula is C17H16FN3O4S. The fraction of sp³-hybridized carbons (Fsp3) is 0.294. The second-order valence-electron chi connectivity index (χ2n) is 5.68. The predicted molar refractivity (Wildman–Crippen MR) is 89.7 cm³/mol. The van der Waals surface area contributed by atoms with Gasteiger partial charge in [-0.25, -0.2) is 17.8 Å². The van der Waals surface area contributed by atoms with Gasteiger partial charge in [-0.05, 0) is 30.7 Å². The van der Waals surface area contributed by atoms with E-state index in [1.165, 1.54) is 29.7 Å². The van der Waals surface area contributed by atoms with Crippen molar-refractivity contribution < 1.29 is 22.3 Å². The molecule has 0 aliphatic carbocycles. The van der Waals surface area contributed by atoms with Crippen LogP contribution < -0.4 is 9.47 Å². The molecule has 1 saturated heterocycles. The summed E-state index contributed by atoms with van der Waals surface area (Å²) >= 11 is 0. The molecule has 1 atom stereocenters. The Morgan fingerprint density at radius 2 is 2.15 bits per heavy atom. The van der Waals surface area contributed by atoms with Gasteiger partial charge in [0, 0.05) is 18.8 Å². The first-order chi connectivity index (χ1) is 12.4. The molecule has 2 aromatic rings. The summed E-state index contributed by atoms with van der Waals surface area (Å²) in [5, 5.41) is 8.91. The normalized spacial score (nSPS) is 17.7. The number of nitriles is 1. The molecule has 0 N–H and O–H groups in total. The van der Waals surface area contributed by atoms with Crippen LogP contribution in [0.15, 0.2) is 41.4 Å². The molecule has 0 amide bonds. The van der Waals surface area contributed by atoms with E-state index in [1.54, 1.807) is 6.07 Å². The Balaban J connectivity index is 1.77. The van der Waals surface area contributed by atoms with Crippen LogP contribution in [0.2, 0.25) is 0 Å². The monoisotopic (exact) mass is 377 g/mol. The van der Waals surface area contributed by atoms with E-state index in [0.717, 1.165) is 12.1 Å². The maximum absolute atomic E-state index is 13.5. The molecule has 1 fully saturated rings. The molecule has 0 radical (unpaired) electrons. The average molecular weight is 377 g/mol. The van der Waals surface area contributed by atoms with E-state index < -0.39 is 21.9 Å². The number of ether oxygens (including phenoxy) is 2. The zero-order valence-corrected chi connectivity index (χ0v) is 14.7. The van der Waals surface area contributed by atoms with Gasteiger partial charge >= 0.3 is 0 Å². The lowest BCUT2D eigenvalue weighted by Crippen LogP contribution is -2.31. The highest BCUT2D eigenvalue weighted by molar-refractivity contribution is 7.89. The predicted octanol–water partition coefficient (Wildman–Crippen LogP) is 1.94. The summed E-state index contributed by atoms with van der Waals surface area (Å²) in [7, 11) is -2.60. The van der Waals surface area contributed by atoms with Gasteiger partial charge in [0.05, 0.1) is 25.3 Å². The number of methoxy groups -OCH3 is 1. The van der Waals surface area contributed by atoms with Gasteiger partial charge in [0.25, 0.3) is 0 Å². The molecule has 26 heavy (non-hydrogen) atoms. The van der Waals surface area contributed by atoms with Crippen LogP contribution in [0.5, 0.6) is 11.6 Å². The van der Waals surface area contributed by atoms with E-state index >= 15 is 0 Å². The molecule has 1 aliphatic rings. The maximum Gasteiger partial charge on any atom is 0.246 e. The van der Waals surface area contributed by atoms with Crippen LogP contribution in [0, 0.1) is 17.1 Å². The fourth-order valence-electron chi connectivity index (χ4n) is 2.72. The number of halogens is 1. The van der Waals surface area contributed by atoms with Crippen molar-refractivity contribution in [3.05, 3.63) is 47.9 Å². The Morgan fingerprint density at radius 1 is 1.35 bits per heavy atom. The zero-order chi connectivity index (χ0) is 18.7. The standard InChI is InChI=1S/C17H16FN3O4S/c1-24-15-3-2-13(18)9-16(15)26(22,23)21-7-5-14(11-21)25-17-8-12(10-19)4-6-20-17/h2-4,6,8-9,14H,5,7,11H2,1H3. The minimum Gasteiger partial charge on any atom is -0.495 e. The van der Waals surface area contributed by atoms with Crippen molar-refractivity contribution in [1.82, 2.24) is 9.29 Å². The number of rotatable bonds is 5. The number of sulfonamides is 1. The van der Waals surface area contributed by atoms with E-state index in [1.807, 2.05) is 6.07 Å². The lowest BCUT2D eigenvalue weighted by molar-refractivity contribution is 0.207. The van der Waals surface area contributed by atoms with E-state index in [9.17, 15) is 12.8 Å². The molecular weight excluding hydrogens is 361 g/mol. The van der Waals surface area contributed by atoms with E-state index in [-0.39, 0.29) is 29.6 Å². The maximum atomic E-state index is 13.5. The van der Waals surface area contributed by atoms with Crippen LogP contribution in [0.25, 0.3) is 0 Å². The molecule has 1 aromatic heterocycles. The van der Waals surface area contributed by atoms with Crippen LogP contribution >= 0.6 is 0 Å². The molecule has 9 heteroatoms.